The maximum absolute atomic E-state index is 14.2. The molecular weight excluding hydrogens is 623 g/mol. The Labute approximate surface area is 286 Å². The van der Waals surface area contributed by atoms with Crippen LogP contribution in [0.1, 0.15) is 43.4 Å². The van der Waals surface area contributed by atoms with E-state index in [1.165, 1.54) is 5.19 Å². The molecule has 48 heavy (non-hydrogen) atoms. The van der Waals surface area contributed by atoms with E-state index in [1.807, 2.05) is 60.7 Å². The Morgan fingerprint density at radius 3 is 2.48 bits per heavy atom. The van der Waals surface area contributed by atoms with Gasteiger partial charge in [0, 0.05) is 55.9 Å². The lowest BCUT2D eigenvalue weighted by molar-refractivity contribution is -0.133. The van der Waals surface area contributed by atoms with E-state index in [0.717, 1.165) is 42.0 Å². The summed E-state index contributed by atoms with van der Waals surface area (Å²) in [4.78, 5) is 29.0. The fourth-order valence-electron chi connectivity index (χ4n) is 7.33. The highest BCUT2D eigenvalue weighted by atomic mass is 28.3. The number of hydrogen-bond acceptors (Lipinski definition) is 7. The summed E-state index contributed by atoms with van der Waals surface area (Å²) in [7, 11) is 0.946. The summed E-state index contributed by atoms with van der Waals surface area (Å²) in [6.07, 6.45) is 1.51. The summed E-state index contributed by atoms with van der Waals surface area (Å²) in [6, 6.07) is 23.9. The summed E-state index contributed by atoms with van der Waals surface area (Å²) >= 11 is 0. The van der Waals surface area contributed by atoms with E-state index in [-0.39, 0.29) is 61.0 Å². The summed E-state index contributed by atoms with van der Waals surface area (Å²) < 4.78 is 18.5. The molecule has 0 aliphatic carbocycles. The summed E-state index contributed by atoms with van der Waals surface area (Å²) in [5.41, 5.74) is 2.50. The van der Waals surface area contributed by atoms with Gasteiger partial charge in [-0.25, -0.2) is 0 Å². The van der Waals surface area contributed by atoms with Gasteiger partial charge in [0.1, 0.15) is 17.6 Å². The Kier molecular flexibility index (Phi) is 12.0. The number of benzene rings is 3. The number of ether oxygens (including phenoxy) is 3. The Hall–Kier alpha value is -3.70. The van der Waals surface area contributed by atoms with Gasteiger partial charge in [-0.2, -0.15) is 0 Å². The quantitative estimate of drug-likeness (QED) is 0.216. The zero-order valence-corrected chi connectivity index (χ0v) is 29.9. The fraction of sp³-hybridized carbons (Fsp3) is 0.474. The molecule has 5 rings (SSSR count). The first-order valence-corrected chi connectivity index (χ1v) is 20.2. The second kappa shape index (κ2) is 16.1. The Bertz CT molecular complexity index is 1510. The second-order valence-corrected chi connectivity index (χ2v) is 18.4. The Balaban J connectivity index is 1.46. The number of carbonyl (C=O) groups is 2. The molecule has 3 aromatic carbocycles. The predicted octanol–water partition coefficient (Wildman–Crippen LogP) is 5.11. The minimum Gasteiger partial charge on any atom is -0.497 e. The fourth-order valence-corrected chi connectivity index (χ4v) is 10.7. The minimum atomic E-state index is -2.42. The number of amides is 2. The number of hydrogen-bond donors (Lipinski definition) is 3. The molecule has 3 aromatic rings. The smallest absolute Gasteiger partial charge is 0.228 e. The molecule has 0 radical (unpaired) electrons. The van der Waals surface area contributed by atoms with E-state index in [9.17, 15) is 14.7 Å². The van der Waals surface area contributed by atoms with Gasteiger partial charge in [0.25, 0.3) is 0 Å². The molecule has 9 nitrogen and oxygen atoms in total. The van der Waals surface area contributed by atoms with Gasteiger partial charge in [0.2, 0.25) is 11.8 Å². The maximum Gasteiger partial charge on any atom is 0.228 e. The number of carbonyl (C=O) groups excluding carboxylic acids is 2. The van der Waals surface area contributed by atoms with Gasteiger partial charge >= 0.3 is 0 Å². The van der Waals surface area contributed by atoms with Crippen LogP contribution in [0, 0.1) is 11.8 Å². The summed E-state index contributed by atoms with van der Waals surface area (Å²) in [5, 5.41) is 17.6. The van der Waals surface area contributed by atoms with E-state index in [0.29, 0.717) is 18.8 Å². The highest BCUT2D eigenvalue weighted by molar-refractivity contribution is 6.91. The molecule has 2 aliphatic heterocycles. The molecule has 10 heteroatoms. The van der Waals surface area contributed by atoms with Gasteiger partial charge in [0.05, 0.1) is 33.8 Å². The molecule has 0 bridgehead atoms. The van der Waals surface area contributed by atoms with Crippen molar-refractivity contribution in [1.82, 2.24) is 10.2 Å². The molecule has 2 unspecified atom stereocenters. The number of rotatable bonds is 13. The van der Waals surface area contributed by atoms with Crippen molar-refractivity contribution in [1.29, 1.82) is 0 Å². The minimum absolute atomic E-state index is 0.0159. The van der Waals surface area contributed by atoms with Crippen molar-refractivity contribution >= 4 is 30.8 Å². The average molecular weight is 674 g/mol. The first-order valence-electron chi connectivity index (χ1n) is 17.1. The third kappa shape index (κ3) is 8.11. The zero-order chi connectivity index (χ0) is 34.3. The first-order chi connectivity index (χ1) is 23.2. The van der Waals surface area contributed by atoms with Crippen LogP contribution in [0.3, 0.4) is 0 Å². The van der Waals surface area contributed by atoms with Crippen LogP contribution in [0.25, 0.3) is 0 Å². The monoisotopic (exact) mass is 673 g/mol. The molecule has 0 saturated carbocycles. The number of piperidine rings is 1. The second-order valence-electron chi connectivity index (χ2n) is 13.7. The first kappa shape index (κ1) is 35.6. The number of fused-ring (bicyclic) bond motifs is 1. The van der Waals surface area contributed by atoms with E-state index in [4.69, 9.17) is 14.2 Å². The van der Waals surface area contributed by atoms with Gasteiger partial charge in [-0.05, 0) is 55.3 Å². The summed E-state index contributed by atoms with van der Waals surface area (Å²) in [6.45, 7) is 8.92. The maximum atomic E-state index is 14.2. The van der Waals surface area contributed by atoms with Gasteiger partial charge in [-0.3, -0.25) is 9.59 Å². The highest BCUT2D eigenvalue weighted by Gasteiger charge is 2.48. The largest absolute Gasteiger partial charge is 0.497 e. The van der Waals surface area contributed by atoms with Gasteiger partial charge < -0.3 is 34.9 Å². The molecule has 3 N–H and O–H groups in total. The van der Waals surface area contributed by atoms with Crippen molar-refractivity contribution < 1.29 is 28.9 Å². The van der Waals surface area contributed by atoms with Crippen molar-refractivity contribution in [2.75, 3.05) is 45.8 Å². The van der Waals surface area contributed by atoms with Crippen LogP contribution in [0.4, 0.5) is 5.69 Å². The van der Waals surface area contributed by atoms with E-state index in [1.54, 1.807) is 19.1 Å². The SMILES string of the molecule is COc1ccc([Si](C)(C)C(CC(=O)N(CCO)Cc2ccccc2)[C@@H]2Oc3ccc(NC(=O)C4CCCNC4)cc3[C@H](OC)[C@H]2C)cc1. The van der Waals surface area contributed by atoms with Crippen LogP contribution in [-0.4, -0.2) is 76.5 Å². The standard InChI is InChI=1S/C38H51N3O6Si/c1-26-36(46-3)32-22-29(40-38(44)28-12-9-19-39-24-28)13-18-33(32)47-37(26)34(48(4,5)31-16-14-30(45-2)15-17-31)23-35(43)41(20-21-42)25-27-10-7-6-8-11-27/h6-8,10-11,13-18,22,26,28,34,36-37,39,42H,9,12,19-21,23-25H2,1-5H3,(H,40,44)/t26-,28?,34?,36-,37-/m1/s1. The lowest BCUT2D eigenvalue weighted by Gasteiger charge is -2.46. The molecule has 1 fully saturated rings. The molecule has 5 atom stereocenters. The third-order valence-electron chi connectivity index (χ3n) is 10.3. The molecule has 0 spiro atoms. The summed E-state index contributed by atoms with van der Waals surface area (Å²) in [5.74, 6) is 1.34. The molecule has 2 heterocycles. The van der Waals surface area contributed by atoms with Crippen LogP contribution in [0.2, 0.25) is 18.6 Å². The van der Waals surface area contributed by atoms with Crippen molar-refractivity contribution in [2.45, 2.75) is 63.6 Å². The van der Waals surface area contributed by atoms with Crippen molar-refractivity contribution in [3.8, 4) is 11.5 Å². The lowest BCUT2D eigenvalue weighted by Crippen LogP contribution is -2.55. The van der Waals surface area contributed by atoms with Crippen LogP contribution >= 0.6 is 0 Å². The Morgan fingerprint density at radius 2 is 1.83 bits per heavy atom. The van der Waals surface area contributed by atoms with Gasteiger partial charge in [-0.15, -0.1) is 0 Å². The molecule has 2 aliphatic rings. The normalized spacial score (nSPS) is 21.4. The molecule has 2 amide bonds. The van der Waals surface area contributed by atoms with E-state index >= 15 is 0 Å². The van der Waals surface area contributed by atoms with Gasteiger partial charge in [0.15, 0.2) is 0 Å². The molecule has 0 aromatic heterocycles. The molecule has 1 saturated heterocycles. The predicted molar refractivity (Wildman–Crippen MR) is 191 cm³/mol. The average Bonchev–Trinajstić information content (AvgIpc) is 3.11. The van der Waals surface area contributed by atoms with Crippen LogP contribution < -0.4 is 25.3 Å². The Morgan fingerprint density at radius 1 is 1.08 bits per heavy atom. The number of methoxy groups -OCH3 is 2. The van der Waals surface area contributed by atoms with Crippen LogP contribution in [-0.2, 0) is 20.9 Å². The highest BCUT2D eigenvalue weighted by Crippen LogP contribution is 2.48. The topological polar surface area (TPSA) is 109 Å². The number of aliphatic hydroxyl groups excluding tert-OH is 1. The van der Waals surface area contributed by atoms with Crippen LogP contribution in [0.5, 0.6) is 11.5 Å². The van der Waals surface area contributed by atoms with Gasteiger partial charge in [-0.1, -0.05) is 67.7 Å². The zero-order valence-electron chi connectivity index (χ0n) is 28.9. The third-order valence-corrected chi connectivity index (χ3v) is 14.5. The van der Waals surface area contributed by atoms with Crippen molar-refractivity contribution in [2.24, 2.45) is 11.8 Å². The number of anilines is 1. The van der Waals surface area contributed by atoms with Crippen molar-refractivity contribution in [3.63, 3.8) is 0 Å². The number of aliphatic hydroxyl groups is 1. The number of nitrogens with one attached hydrogen (secondary N) is 2. The van der Waals surface area contributed by atoms with Crippen molar-refractivity contribution in [3.05, 3.63) is 83.9 Å². The lowest BCUT2D eigenvalue weighted by atomic mass is 9.86. The van der Waals surface area contributed by atoms with Crippen LogP contribution in [0.15, 0.2) is 72.8 Å². The molecule has 258 valence electrons. The molecular formula is C38H51N3O6Si. The number of nitrogens with zero attached hydrogens (tertiary/aromatic N) is 1. The van der Waals surface area contributed by atoms with E-state index in [2.05, 4.69) is 42.8 Å². The van der Waals surface area contributed by atoms with E-state index < -0.39 is 8.07 Å².